The predicted octanol–water partition coefficient (Wildman–Crippen LogP) is 2.05. The van der Waals surface area contributed by atoms with Crippen LogP contribution < -0.4 is 10.2 Å². The first-order valence-corrected chi connectivity index (χ1v) is 8.81. The maximum Gasteiger partial charge on any atom is 0.274 e. The number of nitrogens with zero attached hydrogens (tertiary/aromatic N) is 5. The summed E-state index contributed by atoms with van der Waals surface area (Å²) in [5, 5.41) is 11.4. The van der Waals surface area contributed by atoms with Gasteiger partial charge in [-0.3, -0.25) is 4.79 Å². The molecule has 1 aliphatic rings. The third kappa shape index (κ3) is 4.43. The van der Waals surface area contributed by atoms with Crippen LogP contribution >= 0.6 is 0 Å². The van der Waals surface area contributed by atoms with Crippen LogP contribution in [-0.2, 0) is 0 Å². The monoisotopic (exact) mass is 340 g/mol. The third-order valence-corrected chi connectivity index (χ3v) is 4.26. The molecule has 3 heterocycles. The lowest BCUT2D eigenvalue weighted by molar-refractivity contribution is 0.0739. The highest BCUT2D eigenvalue weighted by Crippen LogP contribution is 2.14. The van der Waals surface area contributed by atoms with E-state index in [2.05, 4.69) is 32.3 Å². The van der Waals surface area contributed by atoms with Gasteiger partial charge in [-0.2, -0.15) is 0 Å². The van der Waals surface area contributed by atoms with Gasteiger partial charge in [0.2, 0.25) is 0 Å². The summed E-state index contributed by atoms with van der Waals surface area (Å²) in [6.07, 6.45) is 4.00. The van der Waals surface area contributed by atoms with Gasteiger partial charge in [-0.05, 0) is 30.7 Å². The minimum absolute atomic E-state index is 0.0618. The molecule has 2 aromatic heterocycles. The molecule has 0 atom stereocenters. The second kappa shape index (κ2) is 8.41. The van der Waals surface area contributed by atoms with Crippen LogP contribution in [-0.4, -0.2) is 58.7 Å². The number of anilines is 2. The van der Waals surface area contributed by atoms with Crippen molar-refractivity contribution in [3.05, 3.63) is 42.2 Å². The number of carbonyl (C=O) groups excluding carboxylic acids is 1. The minimum atomic E-state index is -0.0618. The summed E-state index contributed by atoms with van der Waals surface area (Å²) in [5.41, 5.74) is 0.396. The highest BCUT2D eigenvalue weighted by atomic mass is 16.2. The van der Waals surface area contributed by atoms with Crippen molar-refractivity contribution in [2.75, 3.05) is 42.9 Å². The molecule has 25 heavy (non-hydrogen) atoms. The Bertz CT molecular complexity index is 668. The Morgan fingerprint density at radius 1 is 1.12 bits per heavy atom. The van der Waals surface area contributed by atoms with Crippen LogP contribution in [0.3, 0.4) is 0 Å². The lowest BCUT2D eigenvalue weighted by Gasteiger charge is -2.35. The highest BCUT2D eigenvalue weighted by Gasteiger charge is 2.23. The van der Waals surface area contributed by atoms with Crippen molar-refractivity contribution in [3.63, 3.8) is 0 Å². The molecule has 0 bridgehead atoms. The van der Waals surface area contributed by atoms with E-state index >= 15 is 0 Å². The predicted molar refractivity (Wildman–Crippen MR) is 97.8 cm³/mol. The van der Waals surface area contributed by atoms with Crippen molar-refractivity contribution in [2.45, 2.75) is 19.8 Å². The summed E-state index contributed by atoms with van der Waals surface area (Å²) in [6.45, 7) is 5.87. The van der Waals surface area contributed by atoms with Gasteiger partial charge >= 0.3 is 0 Å². The maximum absolute atomic E-state index is 12.6. The van der Waals surface area contributed by atoms with Gasteiger partial charge < -0.3 is 15.1 Å². The summed E-state index contributed by atoms with van der Waals surface area (Å²) in [6, 6.07) is 9.44. The van der Waals surface area contributed by atoms with E-state index in [1.165, 1.54) is 0 Å². The van der Waals surface area contributed by atoms with Crippen molar-refractivity contribution in [3.8, 4) is 0 Å². The number of unbranched alkanes of at least 4 members (excludes halogenated alkanes) is 1. The highest BCUT2D eigenvalue weighted by molar-refractivity contribution is 5.92. The van der Waals surface area contributed by atoms with Gasteiger partial charge in [0.1, 0.15) is 11.6 Å². The number of amides is 1. The minimum Gasteiger partial charge on any atom is -0.369 e. The van der Waals surface area contributed by atoms with E-state index < -0.39 is 0 Å². The zero-order valence-electron chi connectivity index (χ0n) is 14.6. The van der Waals surface area contributed by atoms with Crippen LogP contribution in [0, 0.1) is 0 Å². The Hall–Kier alpha value is -2.70. The van der Waals surface area contributed by atoms with Gasteiger partial charge in [0, 0.05) is 38.9 Å². The molecule has 7 nitrogen and oxygen atoms in total. The van der Waals surface area contributed by atoms with Gasteiger partial charge in [0.25, 0.3) is 5.91 Å². The molecule has 0 aliphatic carbocycles. The maximum atomic E-state index is 12.6. The van der Waals surface area contributed by atoms with Crippen molar-refractivity contribution in [1.29, 1.82) is 0 Å². The summed E-state index contributed by atoms with van der Waals surface area (Å²) >= 11 is 0. The Balaban J connectivity index is 1.53. The Morgan fingerprint density at radius 3 is 2.60 bits per heavy atom. The van der Waals surface area contributed by atoms with E-state index in [9.17, 15) is 4.79 Å². The largest absolute Gasteiger partial charge is 0.369 e. The van der Waals surface area contributed by atoms with Crippen molar-refractivity contribution in [1.82, 2.24) is 20.1 Å². The first-order chi connectivity index (χ1) is 12.3. The number of hydrogen-bond acceptors (Lipinski definition) is 6. The topological polar surface area (TPSA) is 74.2 Å². The molecule has 0 unspecified atom stereocenters. The molecule has 0 radical (unpaired) electrons. The van der Waals surface area contributed by atoms with E-state index in [1.54, 1.807) is 12.3 Å². The van der Waals surface area contributed by atoms with Gasteiger partial charge in [0.15, 0.2) is 5.69 Å². The number of pyridine rings is 1. The normalized spacial score (nSPS) is 14.4. The van der Waals surface area contributed by atoms with E-state index in [0.717, 1.165) is 38.3 Å². The van der Waals surface area contributed by atoms with E-state index in [1.807, 2.05) is 29.2 Å². The molecule has 2 aromatic rings. The quantitative estimate of drug-likeness (QED) is 0.811. The van der Waals surface area contributed by atoms with Gasteiger partial charge in [-0.1, -0.05) is 19.4 Å². The molecule has 1 saturated heterocycles. The summed E-state index contributed by atoms with van der Waals surface area (Å²) < 4.78 is 0. The molecule has 1 aliphatic heterocycles. The molecule has 0 spiro atoms. The van der Waals surface area contributed by atoms with Crippen molar-refractivity contribution < 1.29 is 4.79 Å². The Kier molecular flexibility index (Phi) is 5.77. The van der Waals surface area contributed by atoms with Gasteiger partial charge in [-0.25, -0.2) is 4.98 Å². The van der Waals surface area contributed by atoms with Crippen LogP contribution in [0.1, 0.15) is 30.3 Å². The molecule has 0 saturated carbocycles. The fourth-order valence-corrected chi connectivity index (χ4v) is 2.78. The molecule has 132 valence electrons. The lowest BCUT2D eigenvalue weighted by Crippen LogP contribution is -2.49. The number of nitrogens with one attached hydrogen (secondary N) is 1. The first kappa shape index (κ1) is 17.1. The average molecular weight is 340 g/mol. The van der Waals surface area contributed by atoms with E-state index in [-0.39, 0.29) is 5.91 Å². The molecule has 1 amide bonds. The number of aromatic nitrogens is 3. The Morgan fingerprint density at radius 2 is 1.96 bits per heavy atom. The van der Waals surface area contributed by atoms with Crippen molar-refractivity contribution in [2.24, 2.45) is 0 Å². The number of hydrogen-bond donors (Lipinski definition) is 1. The first-order valence-electron chi connectivity index (χ1n) is 8.81. The molecule has 0 aromatic carbocycles. The number of carbonyl (C=O) groups is 1. The van der Waals surface area contributed by atoms with E-state index in [0.29, 0.717) is 24.6 Å². The van der Waals surface area contributed by atoms with E-state index in [4.69, 9.17) is 0 Å². The zero-order valence-corrected chi connectivity index (χ0v) is 14.6. The molecule has 1 N–H and O–H groups in total. The van der Waals surface area contributed by atoms with Gasteiger partial charge in [0.05, 0.1) is 0 Å². The van der Waals surface area contributed by atoms with Crippen LogP contribution in [0.5, 0.6) is 0 Å². The summed E-state index contributed by atoms with van der Waals surface area (Å²) in [7, 11) is 0. The SMILES string of the molecule is CCCCNc1ccc(C(=O)N2CCN(c3ccccn3)CC2)nn1. The van der Waals surface area contributed by atoms with Crippen LogP contribution in [0.2, 0.25) is 0 Å². The number of rotatable bonds is 6. The zero-order chi connectivity index (χ0) is 17.5. The number of piperazine rings is 1. The third-order valence-electron chi connectivity index (χ3n) is 4.26. The summed E-state index contributed by atoms with van der Waals surface area (Å²) in [5.74, 6) is 1.61. The van der Waals surface area contributed by atoms with Crippen LogP contribution in [0.15, 0.2) is 36.5 Å². The van der Waals surface area contributed by atoms with Crippen molar-refractivity contribution >= 4 is 17.5 Å². The smallest absolute Gasteiger partial charge is 0.274 e. The van der Waals surface area contributed by atoms with Gasteiger partial charge in [-0.15, -0.1) is 10.2 Å². The fraction of sp³-hybridized carbons (Fsp3) is 0.444. The second-order valence-electron chi connectivity index (χ2n) is 6.05. The van der Waals surface area contributed by atoms with Crippen LogP contribution in [0.25, 0.3) is 0 Å². The Labute approximate surface area is 148 Å². The average Bonchev–Trinajstić information content (AvgIpc) is 2.69. The molecular weight excluding hydrogens is 316 g/mol. The van der Waals surface area contributed by atoms with Crippen LogP contribution in [0.4, 0.5) is 11.6 Å². The standard InChI is InChI=1S/C18H24N6O/c1-2-3-9-19-16-8-7-15(21-22-16)18(25)24-13-11-23(12-14-24)17-6-4-5-10-20-17/h4-8,10H,2-3,9,11-14H2,1H3,(H,19,22). The lowest BCUT2D eigenvalue weighted by atomic mass is 10.2. The summed E-state index contributed by atoms with van der Waals surface area (Å²) in [4.78, 5) is 21.0. The molecule has 7 heteroatoms. The fourth-order valence-electron chi connectivity index (χ4n) is 2.78. The second-order valence-corrected chi connectivity index (χ2v) is 6.05. The molecular formula is C18H24N6O. The molecule has 3 rings (SSSR count). The molecule has 1 fully saturated rings.